The van der Waals surface area contributed by atoms with Gasteiger partial charge in [0, 0.05) is 8.95 Å². The molecular weight excluding hydrogens is 382 g/mol. The van der Waals surface area contributed by atoms with Crippen LogP contribution in [0.15, 0.2) is 39.3 Å². The zero-order valence-corrected chi connectivity index (χ0v) is 12.5. The number of hydrogen-bond acceptors (Lipinski definition) is 2. The molecule has 2 aromatic carbocycles. The summed E-state index contributed by atoms with van der Waals surface area (Å²) in [4.78, 5) is 0. The van der Waals surface area contributed by atoms with Gasteiger partial charge in [-0.2, -0.15) is 5.26 Å². The lowest BCUT2D eigenvalue weighted by Gasteiger charge is -2.11. The van der Waals surface area contributed by atoms with Crippen LogP contribution in [0, 0.1) is 23.0 Å². The van der Waals surface area contributed by atoms with E-state index in [9.17, 15) is 8.78 Å². The van der Waals surface area contributed by atoms with E-state index in [2.05, 4.69) is 37.2 Å². The highest BCUT2D eigenvalue weighted by Gasteiger charge is 2.13. The van der Waals surface area contributed by atoms with Crippen LogP contribution in [0.3, 0.4) is 0 Å². The first-order valence-corrected chi connectivity index (χ1v) is 6.71. The molecule has 2 rings (SSSR count). The number of nitriles is 1. The number of nitrogens with one attached hydrogen (secondary N) is 1. The van der Waals surface area contributed by atoms with Crippen molar-refractivity contribution in [3.8, 4) is 6.07 Å². The number of hydrogen-bond donors (Lipinski definition) is 1. The maximum Gasteiger partial charge on any atom is 0.150 e. The van der Waals surface area contributed by atoms with Crippen LogP contribution >= 0.6 is 31.9 Å². The lowest BCUT2D eigenvalue weighted by molar-refractivity contribution is 0.590. The molecule has 96 valence electrons. The number of nitrogens with zero attached hydrogens (tertiary/aromatic N) is 1. The van der Waals surface area contributed by atoms with Gasteiger partial charge in [-0.05, 0) is 46.3 Å². The van der Waals surface area contributed by atoms with Gasteiger partial charge < -0.3 is 5.32 Å². The Kier molecular flexibility index (Phi) is 4.17. The molecule has 0 saturated carbocycles. The summed E-state index contributed by atoms with van der Waals surface area (Å²) in [5.74, 6) is -1.63. The summed E-state index contributed by atoms with van der Waals surface area (Å²) in [5.41, 5.74) is 0.156. The van der Waals surface area contributed by atoms with Crippen LogP contribution in [0.25, 0.3) is 0 Å². The molecule has 0 aliphatic rings. The second-order valence-corrected chi connectivity index (χ2v) is 5.45. The van der Waals surface area contributed by atoms with Crippen LogP contribution < -0.4 is 5.32 Å². The molecule has 19 heavy (non-hydrogen) atoms. The molecule has 0 spiro atoms. The van der Waals surface area contributed by atoms with Crippen LogP contribution in [0.4, 0.5) is 20.2 Å². The maximum atomic E-state index is 13.7. The van der Waals surface area contributed by atoms with Crippen LogP contribution in [-0.4, -0.2) is 0 Å². The monoisotopic (exact) mass is 386 g/mol. The molecule has 2 aromatic rings. The Bertz CT molecular complexity index is 658. The lowest BCUT2D eigenvalue weighted by atomic mass is 10.2. The van der Waals surface area contributed by atoms with Crippen LogP contribution in [0.1, 0.15) is 5.56 Å². The van der Waals surface area contributed by atoms with Crippen molar-refractivity contribution in [3.63, 3.8) is 0 Å². The summed E-state index contributed by atoms with van der Waals surface area (Å²) < 4.78 is 28.9. The van der Waals surface area contributed by atoms with Gasteiger partial charge in [0.15, 0.2) is 11.6 Å². The fourth-order valence-electron chi connectivity index (χ4n) is 1.49. The highest BCUT2D eigenvalue weighted by atomic mass is 79.9. The van der Waals surface area contributed by atoms with E-state index in [4.69, 9.17) is 5.26 Å². The average Bonchev–Trinajstić information content (AvgIpc) is 2.37. The third-order valence-electron chi connectivity index (χ3n) is 2.36. The molecule has 0 aliphatic heterocycles. The quantitative estimate of drug-likeness (QED) is 0.777. The first kappa shape index (κ1) is 14.0. The molecule has 0 saturated heterocycles. The Morgan fingerprint density at radius 2 is 1.68 bits per heavy atom. The van der Waals surface area contributed by atoms with E-state index in [1.807, 2.05) is 0 Å². The first-order chi connectivity index (χ1) is 9.01. The van der Waals surface area contributed by atoms with Crippen molar-refractivity contribution >= 4 is 43.2 Å². The normalized spacial score (nSPS) is 10.1. The molecular formula is C13H6Br2F2N2. The van der Waals surface area contributed by atoms with Crippen molar-refractivity contribution < 1.29 is 8.78 Å². The first-order valence-electron chi connectivity index (χ1n) is 5.12. The fraction of sp³-hybridized carbons (Fsp3) is 0. The molecule has 0 aliphatic carbocycles. The molecule has 2 nitrogen and oxygen atoms in total. The Morgan fingerprint density at radius 1 is 1.05 bits per heavy atom. The van der Waals surface area contributed by atoms with E-state index < -0.39 is 11.6 Å². The summed E-state index contributed by atoms with van der Waals surface area (Å²) in [5, 5.41) is 11.3. The van der Waals surface area contributed by atoms with E-state index in [1.54, 1.807) is 24.3 Å². The highest BCUT2D eigenvalue weighted by molar-refractivity contribution is 9.11. The van der Waals surface area contributed by atoms with Gasteiger partial charge in [-0.15, -0.1) is 0 Å². The molecule has 0 bridgehead atoms. The predicted molar refractivity (Wildman–Crippen MR) is 76.2 cm³/mol. The molecule has 0 amide bonds. The number of anilines is 2. The summed E-state index contributed by atoms with van der Waals surface area (Å²) >= 11 is 6.56. The Balaban J connectivity index is 2.44. The molecule has 0 radical (unpaired) electrons. The molecule has 0 aromatic heterocycles. The molecule has 6 heteroatoms. The molecule has 0 fully saturated rings. The topological polar surface area (TPSA) is 35.8 Å². The minimum Gasteiger partial charge on any atom is -0.350 e. The van der Waals surface area contributed by atoms with Gasteiger partial charge in [-0.1, -0.05) is 15.9 Å². The van der Waals surface area contributed by atoms with Crippen LogP contribution in [0.2, 0.25) is 0 Å². The maximum absolute atomic E-state index is 13.7. The Morgan fingerprint density at radius 3 is 2.26 bits per heavy atom. The fourth-order valence-corrected chi connectivity index (χ4v) is 2.19. The Labute approximate surface area is 125 Å². The van der Waals surface area contributed by atoms with Crippen molar-refractivity contribution in [2.24, 2.45) is 0 Å². The average molecular weight is 388 g/mol. The van der Waals surface area contributed by atoms with Gasteiger partial charge >= 0.3 is 0 Å². The van der Waals surface area contributed by atoms with Crippen molar-refractivity contribution in [2.45, 2.75) is 0 Å². The standard InChI is InChI=1S/C13H6Br2F2N2/c14-8-1-2-9(15)12(5-8)19-13-10(16)3-7(6-18)4-11(13)17/h1-5,19H. The molecule has 0 heterocycles. The van der Waals surface area contributed by atoms with Gasteiger partial charge in [0.25, 0.3) is 0 Å². The van der Waals surface area contributed by atoms with E-state index in [-0.39, 0.29) is 11.3 Å². The van der Waals surface area contributed by atoms with E-state index in [0.29, 0.717) is 10.2 Å². The summed E-state index contributed by atoms with van der Waals surface area (Å²) in [7, 11) is 0. The van der Waals surface area contributed by atoms with Gasteiger partial charge in [-0.25, -0.2) is 8.78 Å². The second-order valence-electron chi connectivity index (χ2n) is 3.68. The summed E-state index contributed by atoms with van der Waals surface area (Å²) in [6.45, 7) is 0. The number of rotatable bonds is 2. The SMILES string of the molecule is N#Cc1cc(F)c(Nc2cc(Br)ccc2Br)c(F)c1. The van der Waals surface area contributed by atoms with Gasteiger partial charge in [0.2, 0.25) is 0 Å². The largest absolute Gasteiger partial charge is 0.350 e. The number of benzene rings is 2. The van der Waals surface area contributed by atoms with Gasteiger partial charge in [0.1, 0.15) is 5.69 Å². The predicted octanol–water partition coefficient (Wildman–Crippen LogP) is 5.11. The van der Waals surface area contributed by atoms with E-state index in [0.717, 1.165) is 16.6 Å². The molecule has 1 N–H and O–H groups in total. The minimum absolute atomic E-state index is 0.0612. The van der Waals surface area contributed by atoms with Crippen molar-refractivity contribution in [2.75, 3.05) is 5.32 Å². The van der Waals surface area contributed by atoms with Gasteiger partial charge in [-0.3, -0.25) is 0 Å². The van der Waals surface area contributed by atoms with E-state index in [1.165, 1.54) is 0 Å². The van der Waals surface area contributed by atoms with E-state index >= 15 is 0 Å². The zero-order valence-electron chi connectivity index (χ0n) is 9.35. The van der Waals surface area contributed by atoms with Crippen molar-refractivity contribution in [3.05, 3.63) is 56.5 Å². The van der Waals surface area contributed by atoms with Crippen LogP contribution in [-0.2, 0) is 0 Å². The van der Waals surface area contributed by atoms with Crippen LogP contribution in [0.5, 0.6) is 0 Å². The van der Waals surface area contributed by atoms with Crippen molar-refractivity contribution in [1.82, 2.24) is 0 Å². The summed E-state index contributed by atoms with van der Waals surface area (Å²) in [6.07, 6.45) is 0. The third-order valence-corrected chi connectivity index (χ3v) is 3.54. The zero-order chi connectivity index (χ0) is 14.0. The molecule has 0 unspecified atom stereocenters. The lowest BCUT2D eigenvalue weighted by Crippen LogP contribution is -1.99. The number of halogens is 4. The summed E-state index contributed by atoms with van der Waals surface area (Å²) in [6, 6.07) is 8.88. The third kappa shape index (κ3) is 3.11. The minimum atomic E-state index is -0.816. The highest BCUT2D eigenvalue weighted by Crippen LogP contribution is 2.31. The van der Waals surface area contributed by atoms with Crippen molar-refractivity contribution in [1.29, 1.82) is 5.26 Å². The molecule has 0 atom stereocenters. The second kappa shape index (κ2) is 5.68. The van der Waals surface area contributed by atoms with Gasteiger partial charge in [0.05, 0.1) is 17.3 Å². The smallest absolute Gasteiger partial charge is 0.150 e. The Hall–Kier alpha value is -1.45.